The zero-order chi connectivity index (χ0) is 19.9. The number of hydrogen-bond donors (Lipinski definition) is 1. The Bertz CT molecular complexity index is 948. The molecule has 0 heterocycles. The van der Waals surface area contributed by atoms with Gasteiger partial charge in [0.25, 0.3) is 0 Å². The van der Waals surface area contributed by atoms with Crippen LogP contribution < -0.4 is 14.2 Å². The van der Waals surface area contributed by atoms with E-state index in [4.69, 9.17) is 25.8 Å². The SMILES string of the molecule is COc1cc2c(c(OC)c1Cl)C(=O)c1c(OC)cc(CC(C)O)cc1C2=O. The van der Waals surface area contributed by atoms with Crippen molar-refractivity contribution in [1.29, 1.82) is 0 Å². The maximum atomic E-state index is 13.2. The van der Waals surface area contributed by atoms with Crippen LogP contribution in [0.3, 0.4) is 0 Å². The zero-order valence-corrected chi connectivity index (χ0v) is 16.1. The number of ether oxygens (including phenoxy) is 3. The van der Waals surface area contributed by atoms with Gasteiger partial charge in [0.1, 0.15) is 16.5 Å². The Balaban J connectivity index is 2.31. The molecule has 3 rings (SSSR count). The van der Waals surface area contributed by atoms with Gasteiger partial charge in [0.15, 0.2) is 11.5 Å². The minimum Gasteiger partial charge on any atom is -0.496 e. The third-order valence-corrected chi connectivity index (χ3v) is 4.83. The highest BCUT2D eigenvalue weighted by molar-refractivity contribution is 6.37. The Morgan fingerprint density at radius 2 is 1.56 bits per heavy atom. The summed E-state index contributed by atoms with van der Waals surface area (Å²) in [5.41, 5.74) is 1.31. The molecule has 0 spiro atoms. The van der Waals surface area contributed by atoms with E-state index in [-0.39, 0.29) is 50.3 Å². The van der Waals surface area contributed by atoms with Gasteiger partial charge in [-0.2, -0.15) is 0 Å². The van der Waals surface area contributed by atoms with Gasteiger partial charge in [-0.25, -0.2) is 0 Å². The number of halogens is 1. The number of carbonyl (C=O) groups excluding carboxylic acids is 2. The fourth-order valence-electron chi connectivity index (χ4n) is 3.33. The highest BCUT2D eigenvalue weighted by atomic mass is 35.5. The molecule has 1 N–H and O–H groups in total. The van der Waals surface area contributed by atoms with Crippen molar-refractivity contribution in [3.8, 4) is 17.2 Å². The van der Waals surface area contributed by atoms with Gasteiger partial charge >= 0.3 is 0 Å². The highest BCUT2D eigenvalue weighted by Gasteiger charge is 2.37. The van der Waals surface area contributed by atoms with Crippen LogP contribution in [0.15, 0.2) is 18.2 Å². The van der Waals surface area contributed by atoms with Crippen LogP contribution in [0.4, 0.5) is 0 Å². The summed E-state index contributed by atoms with van der Waals surface area (Å²) in [5, 5.41) is 9.79. The second-order valence-electron chi connectivity index (χ2n) is 6.28. The van der Waals surface area contributed by atoms with E-state index in [2.05, 4.69) is 0 Å². The van der Waals surface area contributed by atoms with Gasteiger partial charge in [-0.3, -0.25) is 9.59 Å². The summed E-state index contributed by atoms with van der Waals surface area (Å²) >= 11 is 6.27. The zero-order valence-electron chi connectivity index (χ0n) is 15.4. The molecule has 0 aliphatic heterocycles. The first-order chi connectivity index (χ1) is 12.8. The highest BCUT2D eigenvalue weighted by Crippen LogP contribution is 2.45. The normalized spacial score (nSPS) is 13.7. The molecule has 1 aliphatic rings. The quantitative estimate of drug-likeness (QED) is 0.721. The second kappa shape index (κ2) is 7.21. The lowest BCUT2D eigenvalue weighted by molar-refractivity contribution is 0.0973. The second-order valence-corrected chi connectivity index (χ2v) is 6.66. The van der Waals surface area contributed by atoms with Crippen LogP contribution in [0.2, 0.25) is 5.02 Å². The minimum atomic E-state index is -0.603. The summed E-state index contributed by atoms with van der Waals surface area (Å²) in [7, 11) is 4.21. The first-order valence-corrected chi connectivity index (χ1v) is 8.64. The van der Waals surface area contributed by atoms with Gasteiger partial charge in [-0.15, -0.1) is 0 Å². The molecule has 2 aromatic carbocycles. The fourth-order valence-corrected chi connectivity index (χ4v) is 3.63. The van der Waals surface area contributed by atoms with Crippen LogP contribution in [0.1, 0.15) is 44.3 Å². The van der Waals surface area contributed by atoms with Crippen LogP contribution in [0, 0.1) is 0 Å². The molecule has 0 saturated carbocycles. The van der Waals surface area contributed by atoms with Crippen molar-refractivity contribution in [2.45, 2.75) is 19.4 Å². The van der Waals surface area contributed by atoms with Crippen molar-refractivity contribution in [3.63, 3.8) is 0 Å². The first kappa shape index (κ1) is 19.2. The fraction of sp³-hybridized carbons (Fsp3) is 0.300. The van der Waals surface area contributed by atoms with Crippen molar-refractivity contribution in [2.75, 3.05) is 21.3 Å². The number of carbonyl (C=O) groups is 2. The van der Waals surface area contributed by atoms with E-state index < -0.39 is 11.9 Å². The number of aliphatic hydroxyl groups is 1. The lowest BCUT2D eigenvalue weighted by Gasteiger charge is -2.24. The van der Waals surface area contributed by atoms with E-state index in [1.807, 2.05) is 0 Å². The number of fused-ring (bicyclic) bond motifs is 2. The molecule has 0 radical (unpaired) electrons. The molecule has 2 aromatic rings. The van der Waals surface area contributed by atoms with Crippen LogP contribution in [0.5, 0.6) is 17.2 Å². The maximum absolute atomic E-state index is 13.2. The summed E-state index contributed by atoms with van der Waals surface area (Å²) in [4.78, 5) is 26.4. The van der Waals surface area contributed by atoms with E-state index in [1.54, 1.807) is 19.1 Å². The molecular formula is C20H19ClO6. The van der Waals surface area contributed by atoms with Crippen molar-refractivity contribution in [2.24, 2.45) is 0 Å². The Morgan fingerprint density at radius 3 is 2.11 bits per heavy atom. The van der Waals surface area contributed by atoms with Crippen LogP contribution >= 0.6 is 11.6 Å². The third-order valence-electron chi connectivity index (χ3n) is 4.47. The first-order valence-electron chi connectivity index (χ1n) is 8.26. The molecule has 0 amide bonds. The van der Waals surface area contributed by atoms with Gasteiger partial charge in [0.05, 0.1) is 38.6 Å². The molecule has 1 atom stereocenters. The largest absolute Gasteiger partial charge is 0.496 e. The summed E-state index contributed by atoms with van der Waals surface area (Å²) < 4.78 is 15.9. The van der Waals surface area contributed by atoms with Crippen molar-refractivity contribution < 1.29 is 28.9 Å². The van der Waals surface area contributed by atoms with Crippen molar-refractivity contribution >= 4 is 23.2 Å². The van der Waals surface area contributed by atoms with Gasteiger partial charge < -0.3 is 19.3 Å². The number of rotatable bonds is 5. The standard InChI is InChI=1S/C20H19ClO6/c1-9(22)5-10-6-11-15(13(7-10)25-2)19(24)16-12(18(11)23)8-14(26-3)17(21)20(16)27-4/h6-9,22H,5H2,1-4H3. The van der Waals surface area contributed by atoms with Crippen LogP contribution in [-0.4, -0.2) is 44.1 Å². The predicted octanol–water partition coefficient (Wildman–Crippen LogP) is 3.06. The summed E-state index contributed by atoms with van der Waals surface area (Å²) in [6, 6.07) is 4.71. The molecule has 0 aromatic heterocycles. The lowest BCUT2D eigenvalue weighted by atomic mass is 9.81. The number of aliphatic hydroxyl groups excluding tert-OH is 1. The third kappa shape index (κ3) is 3.05. The molecule has 1 aliphatic carbocycles. The van der Waals surface area contributed by atoms with E-state index in [9.17, 15) is 14.7 Å². The van der Waals surface area contributed by atoms with E-state index in [0.29, 0.717) is 12.0 Å². The number of ketones is 2. The molecule has 1 unspecified atom stereocenters. The molecular weight excluding hydrogens is 372 g/mol. The summed E-state index contributed by atoms with van der Waals surface area (Å²) in [6.45, 7) is 1.64. The molecule has 7 heteroatoms. The predicted molar refractivity (Wildman–Crippen MR) is 99.8 cm³/mol. The Morgan fingerprint density at radius 1 is 0.926 bits per heavy atom. The van der Waals surface area contributed by atoms with Gasteiger partial charge in [0, 0.05) is 11.1 Å². The average Bonchev–Trinajstić information content (AvgIpc) is 2.64. The summed E-state index contributed by atoms with van der Waals surface area (Å²) in [5.74, 6) is -0.185. The molecule has 0 bridgehead atoms. The topological polar surface area (TPSA) is 82.1 Å². The monoisotopic (exact) mass is 390 g/mol. The smallest absolute Gasteiger partial charge is 0.202 e. The van der Waals surface area contributed by atoms with E-state index >= 15 is 0 Å². The van der Waals surface area contributed by atoms with Gasteiger partial charge in [0.2, 0.25) is 5.78 Å². The van der Waals surface area contributed by atoms with E-state index in [0.717, 1.165) is 0 Å². The molecule has 6 nitrogen and oxygen atoms in total. The van der Waals surface area contributed by atoms with Crippen LogP contribution in [-0.2, 0) is 6.42 Å². The molecule has 142 valence electrons. The number of methoxy groups -OCH3 is 3. The number of hydrogen-bond acceptors (Lipinski definition) is 6. The Labute approximate surface area is 161 Å². The lowest BCUT2D eigenvalue weighted by Crippen LogP contribution is -2.23. The molecule has 0 fully saturated rings. The maximum Gasteiger partial charge on any atom is 0.202 e. The number of benzene rings is 2. The van der Waals surface area contributed by atoms with E-state index in [1.165, 1.54) is 27.4 Å². The molecule has 27 heavy (non-hydrogen) atoms. The van der Waals surface area contributed by atoms with Gasteiger partial charge in [-0.05, 0) is 37.1 Å². The van der Waals surface area contributed by atoms with Gasteiger partial charge in [-0.1, -0.05) is 11.6 Å². The average molecular weight is 391 g/mol. The van der Waals surface area contributed by atoms with Crippen molar-refractivity contribution in [3.05, 3.63) is 51.0 Å². The van der Waals surface area contributed by atoms with Crippen LogP contribution in [0.25, 0.3) is 0 Å². The minimum absolute atomic E-state index is 0.0855. The molecule has 0 saturated heterocycles. The Kier molecular flexibility index (Phi) is 5.13. The van der Waals surface area contributed by atoms with Crippen molar-refractivity contribution in [1.82, 2.24) is 0 Å². The summed E-state index contributed by atoms with van der Waals surface area (Å²) in [6.07, 6.45) is -0.279. The Hall–Kier alpha value is -2.57.